The molecule has 200 valence electrons. The highest BCUT2D eigenvalue weighted by atomic mass is 79.9. The molecule has 0 saturated heterocycles. The van der Waals surface area contributed by atoms with Gasteiger partial charge in [-0.3, -0.25) is 4.79 Å². The summed E-state index contributed by atoms with van der Waals surface area (Å²) < 4.78 is 23.3. The second-order valence-corrected chi connectivity index (χ2v) is 15.2. The van der Waals surface area contributed by atoms with Gasteiger partial charge in [-0.05, 0) is 40.5 Å². The summed E-state index contributed by atoms with van der Waals surface area (Å²) in [5.41, 5.74) is 5.93. The van der Waals surface area contributed by atoms with Crippen LogP contribution in [0.25, 0.3) is 0 Å². The van der Waals surface area contributed by atoms with Crippen molar-refractivity contribution in [3.8, 4) is 23.5 Å². The van der Waals surface area contributed by atoms with E-state index in [-0.39, 0.29) is 29.2 Å². The normalized spacial score (nSPS) is 11.2. The minimum Gasteiger partial charge on any atom is -0.479 e. The summed E-state index contributed by atoms with van der Waals surface area (Å²) >= 11 is 3.52. The van der Waals surface area contributed by atoms with Crippen LogP contribution in [0.1, 0.15) is 23.9 Å². The zero-order valence-electron chi connectivity index (χ0n) is 22.1. The molecule has 0 bridgehead atoms. The van der Waals surface area contributed by atoms with Crippen molar-refractivity contribution in [1.82, 2.24) is 9.97 Å². The highest BCUT2D eigenvalue weighted by Crippen LogP contribution is 2.35. The molecule has 0 aliphatic carbocycles. The number of ether oxygens (including phenoxy) is 3. The first-order valence-electron chi connectivity index (χ1n) is 11.9. The largest absolute Gasteiger partial charge is 0.479 e. The Morgan fingerprint density at radius 2 is 1.78 bits per heavy atom. The fourth-order valence-electron chi connectivity index (χ4n) is 3.52. The summed E-state index contributed by atoms with van der Waals surface area (Å²) in [6, 6.07) is 9.16. The van der Waals surface area contributed by atoms with E-state index in [0.29, 0.717) is 31.3 Å². The zero-order valence-corrected chi connectivity index (χ0v) is 24.6. The van der Waals surface area contributed by atoms with Gasteiger partial charge in [-0.2, -0.15) is 9.97 Å². The molecule has 0 unspecified atom stereocenters. The first kappa shape index (κ1) is 28.5. The maximum absolute atomic E-state index is 13.0. The Hall–Kier alpha value is -3.09. The predicted molar refractivity (Wildman–Crippen MR) is 151 cm³/mol. The van der Waals surface area contributed by atoms with Gasteiger partial charge < -0.3 is 34.6 Å². The lowest BCUT2D eigenvalue weighted by Gasteiger charge is -2.23. The number of anilines is 2. The van der Waals surface area contributed by atoms with E-state index < -0.39 is 14.0 Å². The van der Waals surface area contributed by atoms with E-state index in [2.05, 4.69) is 63.8 Å². The summed E-state index contributed by atoms with van der Waals surface area (Å²) in [5, 5.41) is 3.97. The van der Waals surface area contributed by atoms with Crippen LogP contribution in [0.15, 0.2) is 39.2 Å². The second-order valence-electron chi connectivity index (χ2n) is 9.26. The molecule has 1 aromatic carbocycles. The molecule has 0 radical (unpaired) electrons. The number of nitrogens with zero attached hydrogens (tertiary/aromatic N) is 3. The third-order valence-corrected chi connectivity index (χ3v) is 8.14. The molecular weight excluding hydrogens is 558 g/mol. The molecule has 0 atom stereocenters. The van der Waals surface area contributed by atoms with Crippen LogP contribution in [0.2, 0.25) is 19.6 Å². The molecule has 12 heteroatoms. The zero-order chi connectivity index (χ0) is 27.2. The first-order valence-corrected chi connectivity index (χ1v) is 16.2. The smallest absolute Gasteiger partial charge is 0.291 e. The van der Waals surface area contributed by atoms with E-state index in [1.165, 1.54) is 25.5 Å². The minimum atomic E-state index is -1.54. The minimum absolute atomic E-state index is 0.0383. The monoisotopic (exact) mass is 591 g/mol. The quantitative estimate of drug-likeness (QED) is 0.290. The Morgan fingerprint density at radius 3 is 2.35 bits per heavy atom. The number of hydrogen-bond acceptors (Lipinski definition) is 9. The summed E-state index contributed by atoms with van der Waals surface area (Å²) in [7, 11) is 1.38. The average molecular weight is 593 g/mol. The molecule has 0 aliphatic heterocycles. The summed E-state index contributed by atoms with van der Waals surface area (Å²) in [4.78, 5) is 23.9. The summed E-state index contributed by atoms with van der Waals surface area (Å²) in [6.07, 6.45) is 0.883. The van der Waals surface area contributed by atoms with E-state index in [9.17, 15) is 4.79 Å². The van der Waals surface area contributed by atoms with Crippen molar-refractivity contribution >= 4 is 46.7 Å². The summed E-state index contributed by atoms with van der Waals surface area (Å²) in [6.45, 7) is 10.5. The van der Waals surface area contributed by atoms with Gasteiger partial charge in [0.2, 0.25) is 17.7 Å². The highest BCUT2D eigenvalue weighted by molar-refractivity contribution is 9.10. The molecule has 0 aliphatic rings. The number of rotatable bonds is 12. The number of hydrogen-bond donors (Lipinski definition) is 2. The lowest BCUT2D eigenvalue weighted by Crippen LogP contribution is -2.37. The maximum Gasteiger partial charge on any atom is 0.291 e. The number of carbonyl (C=O) groups is 1. The van der Waals surface area contributed by atoms with Crippen LogP contribution in [0, 0.1) is 0 Å². The Bertz CT molecular complexity index is 1200. The average Bonchev–Trinajstić information content (AvgIpc) is 3.33. The van der Waals surface area contributed by atoms with E-state index >= 15 is 0 Å². The third kappa shape index (κ3) is 7.02. The number of amides is 1. The molecule has 10 nitrogen and oxygen atoms in total. The van der Waals surface area contributed by atoms with Crippen molar-refractivity contribution in [1.29, 1.82) is 0 Å². The van der Waals surface area contributed by atoms with E-state index in [4.69, 9.17) is 24.4 Å². The number of nitrogens with two attached hydrogens (primary N) is 1. The third-order valence-electron chi connectivity index (χ3n) is 5.44. The van der Waals surface area contributed by atoms with Gasteiger partial charge in [0, 0.05) is 25.7 Å². The molecule has 0 spiro atoms. The number of halogens is 1. The molecular formula is C25H34BrN5O5Si. The Kier molecular flexibility index (Phi) is 9.57. The Labute approximate surface area is 226 Å². The van der Waals surface area contributed by atoms with Gasteiger partial charge in [0.05, 0.1) is 26.8 Å². The van der Waals surface area contributed by atoms with Crippen LogP contribution in [0.4, 0.5) is 11.6 Å². The molecule has 3 N–H and O–H groups in total. The van der Waals surface area contributed by atoms with Gasteiger partial charge in [-0.1, -0.05) is 37.8 Å². The topological polar surface area (TPSA) is 125 Å². The van der Waals surface area contributed by atoms with Crippen LogP contribution in [-0.4, -0.2) is 57.8 Å². The van der Waals surface area contributed by atoms with E-state index in [1.807, 2.05) is 17.0 Å². The lowest BCUT2D eigenvalue weighted by atomic mass is 10.3. The van der Waals surface area contributed by atoms with Gasteiger partial charge in [-0.25, -0.2) is 0 Å². The number of methoxy groups -OCH3 is 2. The van der Waals surface area contributed by atoms with Gasteiger partial charge >= 0.3 is 0 Å². The molecule has 0 saturated carbocycles. The fourth-order valence-corrected chi connectivity index (χ4v) is 4.99. The fraction of sp³-hybridized carbons (Fsp3) is 0.400. The number of nitrogens with one attached hydrogen (secondary N) is 1. The van der Waals surface area contributed by atoms with Crippen LogP contribution < -0.4 is 35.3 Å². The van der Waals surface area contributed by atoms with Gasteiger partial charge in [-0.15, -0.1) is 0 Å². The van der Waals surface area contributed by atoms with Gasteiger partial charge in [0.15, 0.2) is 11.4 Å². The molecule has 2 aromatic heterocycles. The molecule has 1 amide bonds. The van der Waals surface area contributed by atoms with Crippen LogP contribution in [0.3, 0.4) is 0 Å². The van der Waals surface area contributed by atoms with Crippen molar-refractivity contribution in [2.24, 2.45) is 5.73 Å². The first-order chi connectivity index (χ1) is 17.6. The predicted octanol–water partition coefficient (Wildman–Crippen LogP) is 4.61. The van der Waals surface area contributed by atoms with Crippen molar-refractivity contribution < 1.29 is 23.4 Å². The van der Waals surface area contributed by atoms with E-state index in [0.717, 1.165) is 10.9 Å². The molecule has 3 aromatic rings. The highest BCUT2D eigenvalue weighted by Gasteiger charge is 2.24. The van der Waals surface area contributed by atoms with Crippen LogP contribution in [-0.2, 0) is 0 Å². The Balaban J connectivity index is 1.83. The SMILES string of the molecule is CCCN(CCN)c1nc(OC)c(NC(=O)c2ccc(Oc3cc([Si](C)(C)C)ccc3Br)o2)c(OC)n1. The van der Waals surface area contributed by atoms with Crippen molar-refractivity contribution in [3.05, 3.63) is 40.6 Å². The number of carbonyl (C=O) groups excluding carboxylic acids is 1. The molecule has 2 heterocycles. The molecule has 0 fully saturated rings. The van der Waals surface area contributed by atoms with Gasteiger partial charge in [0.1, 0.15) is 5.75 Å². The van der Waals surface area contributed by atoms with Crippen molar-refractivity contribution in [3.63, 3.8) is 0 Å². The lowest BCUT2D eigenvalue weighted by molar-refractivity contribution is 0.0990. The van der Waals surface area contributed by atoms with E-state index in [1.54, 1.807) is 6.07 Å². The van der Waals surface area contributed by atoms with Crippen molar-refractivity contribution in [2.45, 2.75) is 33.0 Å². The van der Waals surface area contributed by atoms with Crippen LogP contribution >= 0.6 is 15.9 Å². The summed E-state index contributed by atoms with van der Waals surface area (Å²) in [5.74, 6) is 1.01. The van der Waals surface area contributed by atoms with Crippen molar-refractivity contribution in [2.75, 3.05) is 44.1 Å². The van der Waals surface area contributed by atoms with Gasteiger partial charge in [0.25, 0.3) is 11.9 Å². The molecule has 37 heavy (non-hydrogen) atoms. The number of furan rings is 1. The maximum atomic E-state index is 13.0. The second kappa shape index (κ2) is 12.4. The van der Waals surface area contributed by atoms with Crippen LogP contribution in [0.5, 0.6) is 23.5 Å². The number of aromatic nitrogens is 2. The molecule has 3 rings (SSSR count). The standard InChI is InChI=1S/C25H34BrN5O5Si/c1-7-13-31(14-12-27)25-29-23(33-2)21(24(30-25)34-3)28-22(32)18-10-11-20(35-18)36-19-15-16(37(4,5)6)8-9-17(19)26/h8-11,15H,7,12-14,27H2,1-6H3,(H,28,32). The Morgan fingerprint density at radius 1 is 1.11 bits per heavy atom. The number of benzene rings is 1.